The van der Waals surface area contributed by atoms with Crippen molar-refractivity contribution in [2.45, 2.75) is 4.90 Å². The quantitative estimate of drug-likeness (QED) is 0.673. The van der Waals surface area contributed by atoms with Crippen molar-refractivity contribution < 1.29 is 12.8 Å². The standard InChI is InChI=1S/C17H10N4O3S2/c18-10-12(11-19)9-14-3-6-16(24-14)13-1-4-15(5-2-13)26(22,23)21-17-20-7-8-25-17/h1-9H,(H,20,21). The van der Waals surface area contributed by atoms with E-state index in [1.165, 1.54) is 35.7 Å². The highest BCUT2D eigenvalue weighted by atomic mass is 32.2. The van der Waals surface area contributed by atoms with Gasteiger partial charge in [-0.15, -0.1) is 11.3 Å². The molecule has 1 aromatic carbocycles. The molecular weight excluding hydrogens is 372 g/mol. The van der Waals surface area contributed by atoms with Crippen LogP contribution in [0, 0.1) is 22.7 Å². The number of anilines is 1. The molecular formula is C17H10N4O3S2. The van der Waals surface area contributed by atoms with E-state index in [1.807, 2.05) is 0 Å². The number of aromatic nitrogens is 1. The molecule has 0 saturated carbocycles. The third-order valence-corrected chi connectivity index (χ3v) is 5.43. The molecule has 0 aliphatic rings. The summed E-state index contributed by atoms with van der Waals surface area (Å²) in [5, 5.41) is 19.5. The van der Waals surface area contributed by atoms with Gasteiger partial charge in [-0.3, -0.25) is 4.72 Å². The zero-order valence-electron chi connectivity index (χ0n) is 13.1. The maximum Gasteiger partial charge on any atom is 0.263 e. The van der Waals surface area contributed by atoms with Gasteiger partial charge in [0.2, 0.25) is 0 Å². The van der Waals surface area contributed by atoms with Gasteiger partial charge in [0.25, 0.3) is 10.0 Å². The molecule has 0 fully saturated rings. The average Bonchev–Trinajstić information content (AvgIpc) is 3.31. The molecule has 0 spiro atoms. The fourth-order valence-electron chi connectivity index (χ4n) is 2.06. The van der Waals surface area contributed by atoms with Gasteiger partial charge < -0.3 is 4.42 Å². The normalized spacial score (nSPS) is 10.5. The third kappa shape index (κ3) is 3.81. The van der Waals surface area contributed by atoms with E-state index >= 15 is 0 Å². The van der Waals surface area contributed by atoms with Crippen molar-refractivity contribution in [3.8, 4) is 23.5 Å². The van der Waals surface area contributed by atoms with Crippen LogP contribution < -0.4 is 4.72 Å². The van der Waals surface area contributed by atoms with Crippen LogP contribution in [0.4, 0.5) is 5.13 Å². The number of nitrogens with zero attached hydrogens (tertiary/aromatic N) is 3. The largest absolute Gasteiger partial charge is 0.457 e. The van der Waals surface area contributed by atoms with Crippen molar-refractivity contribution in [1.82, 2.24) is 4.98 Å². The van der Waals surface area contributed by atoms with E-state index < -0.39 is 10.0 Å². The predicted molar refractivity (Wildman–Crippen MR) is 96.3 cm³/mol. The molecule has 0 radical (unpaired) electrons. The van der Waals surface area contributed by atoms with Gasteiger partial charge in [-0.25, -0.2) is 13.4 Å². The first-order valence-electron chi connectivity index (χ1n) is 7.16. The summed E-state index contributed by atoms with van der Waals surface area (Å²) in [6.45, 7) is 0. The molecule has 2 heterocycles. The minimum Gasteiger partial charge on any atom is -0.457 e. The van der Waals surface area contributed by atoms with Crippen LogP contribution >= 0.6 is 11.3 Å². The first-order chi connectivity index (χ1) is 12.5. The number of benzene rings is 1. The van der Waals surface area contributed by atoms with E-state index in [1.54, 1.807) is 41.8 Å². The lowest BCUT2D eigenvalue weighted by Crippen LogP contribution is -2.12. The van der Waals surface area contributed by atoms with Crippen LogP contribution in [0.2, 0.25) is 0 Å². The monoisotopic (exact) mass is 382 g/mol. The molecule has 0 atom stereocenters. The van der Waals surface area contributed by atoms with E-state index in [0.29, 0.717) is 22.2 Å². The first-order valence-corrected chi connectivity index (χ1v) is 9.52. The Labute approximate surface area is 153 Å². The fourth-order valence-corrected chi connectivity index (χ4v) is 3.85. The zero-order chi connectivity index (χ0) is 18.6. The molecule has 26 heavy (non-hydrogen) atoms. The molecule has 2 aromatic heterocycles. The molecule has 0 bridgehead atoms. The number of thiazole rings is 1. The number of hydrogen-bond donors (Lipinski definition) is 1. The Morgan fingerprint density at radius 1 is 1.15 bits per heavy atom. The molecule has 0 saturated heterocycles. The number of nitrogens with one attached hydrogen (secondary N) is 1. The van der Waals surface area contributed by atoms with Gasteiger partial charge >= 0.3 is 0 Å². The Morgan fingerprint density at radius 2 is 1.88 bits per heavy atom. The van der Waals surface area contributed by atoms with E-state index in [2.05, 4.69) is 9.71 Å². The van der Waals surface area contributed by atoms with Crippen LogP contribution in [0.1, 0.15) is 5.76 Å². The highest BCUT2D eigenvalue weighted by Crippen LogP contribution is 2.25. The van der Waals surface area contributed by atoms with Crippen LogP contribution in [0.5, 0.6) is 0 Å². The molecule has 0 aliphatic heterocycles. The second-order valence-electron chi connectivity index (χ2n) is 4.95. The van der Waals surface area contributed by atoms with Crippen molar-refractivity contribution in [2.24, 2.45) is 0 Å². The van der Waals surface area contributed by atoms with Crippen LogP contribution in [0.3, 0.4) is 0 Å². The van der Waals surface area contributed by atoms with Gasteiger partial charge in [0, 0.05) is 23.2 Å². The Kier molecular flexibility index (Phi) is 4.85. The minimum absolute atomic E-state index is 0.0689. The Balaban J connectivity index is 1.82. The number of rotatable bonds is 5. The van der Waals surface area contributed by atoms with Crippen LogP contribution in [0.15, 0.2) is 62.9 Å². The Hall–Kier alpha value is -3.40. The summed E-state index contributed by atoms with van der Waals surface area (Å²) in [6, 6.07) is 12.9. The second kappa shape index (κ2) is 7.23. The Bertz CT molecular complexity index is 1110. The topological polar surface area (TPSA) is 120 Å². The average molecular weight is 382 g/mol. The molecule has 7 nitrogen and oxygen atoms in total. The molecule has 1 N–H and O–H groups in total. The molecule has 9 heteroatoms. The Morgan fingerprint density at radius 3 is 2.50 bits per heavy atom. The van der Waals surface area contributed by atoms with Gasteiger partial charge in [0.05, 0.1) is 4.90 Å². The predicted octanol–water partition coefficient (Wildman–Crippen LogP) is 3.63. The first kappa shape index (κ1) is 17.4. The highest BCUT2D eigenvalue weighted by Gasteiger charge is 2.16. The SMILES string of the molecule is N#CC(C#N)=Cc1ccc(-c2ccc(S(=O)(=O)Nc3nccs3)cc2)o1. The summed E-state index contributed by atoms with van der Waals surface area (Å²) in [4.78, 5) is 3.99. The lowest BCUT2D eigenvalue weighted by Gasteiger charge is -2.05. The van der Waals surface area contributed by atoms with Gasteiger partial charge in [-0.2, -0.15) is 10.5 Å². The number of allylic oxidation sites excluding steroid dienone is 1. The number of sulfonamides is 1. The molecule has 3 aromatic rings. The third-order valence-electron chi connectivity index (χ3n) is 3.26. The van der Waals surface area contributed by atoms with E-state index in [-0.39, 0.29) is 10.5 Å². The van der Waals surface area contributed by atoms with Gasteiger partial charge in [0.1, 0.15) is 29.2 Å². The van der Waals surface area contributed by atoms with Crippen LogP contribution in [-0.4, -0.2) is 13.4 Å². The minimum atomic E-state index is -3.71. The number of furan rings is 1. The number of hydrogen-bond acceptors (Lipinski definition) is 7. The zero-order valence-corrected chi connectivity index (χ0v) is 14.7. The maximum absolute atomic E-state index is 12.3. The highest BCUT2D eigenvalue weighted by molar-refractivity contribution is 7.93. The van der Waals surface area contributed by atoms with Crippen molar-refractivity contribution >= 4 is 32.6 Å². The van der Waals surface area contributed by atoms with Gasteiger partial charge in [-0.05, 0) is 36.4 Å². The summed E-state index contributed by atoms with van der Waals surface area (Å²) >= 11 is 1.19. The molecule has 0 aliphatic carbocycles. The summed E-state index contributed by atoms with van der Waals surface area (Å²) in [5.74, 6) is 0.851. The molecule has 0 unspecified atom stereocenters. The summed E-state index contributed by atoms with van der Waals surface area (Å²) < 4.78 is 32.6. The second-order valence-corrected chi connectivity index (χ2v) is 7.53. The molecule has 128 valence electrons. The van der Waals surface area contributed by atoms with Crippen LogP contribution in [0.25, 0.3) is 17.4 Å². The fraction of sp³-hybridized carbons (Fsp3) is 0. The summed E-state index contributed by atoms with van der Waals surface area (Å²) in [7, 11) is -3.71. The van der Waals surface area contributed by atoms with Crippen molar-refractivity contribution in [1.29, 1.82) is 10.5 Å². The van der Waals surface area contributed by atoms with Gasteiger partial charge in [0.15, 0.2) is 5.13 Å². The maximum atomic E-state index is 12.3. The van der Waals surface area contributed by atoms with Gasteiger partial charge in [-0.1, -0.05) is 0 Å². The molecule has 0 amide bonds. The lowest BCUT2D eigenvalue weighted by atomic mass is 10.2. The number of nitriles is 2. The summed E-state index contributed by atoms with van der Waals surface area (Å²) in [6.07, 6.45) is 2.85. The summed E-state index contributed by atoms with van der Waals surface area (Å²) in [5.41, 5.74) is 0.592. The smallest absolute Gasteiger partial charge is 0.263 e. The molecule has 3 rings (SSSR count). The van der Waals surface area contributed by atoms with E-state index in [4.69, 9.17) is 14.9 Å². The lowest BCUT2D eigenvalue weighted by molar-refractivity contribution is 0.571. The van der Waals surface area contributed by atoms with E-state index in [9.17, 15) is 8.42 Å². The van der Waals surface area contributed by atoms with E-state index in [0.717, 1.165) is 0 Å². The van der Waals surface area contributed by atoms with Crippen LogP contribution in [-0.2, 0) is 10.0 Å². The van der Waals surface area contributed by atoms with Crippen molar-refractivity contribution in [3.05, 3.63) is 59.3 Å². The van der Waals surface area contributed by atoms with Crippen molar-refractivity contribution in [3.63, 3.8) is 0 Å². The van der Waals surface area contributed by atoms with Crippen molar-refractivity contribution in [2.75, 3.05) is 4.72 Å².